The molecule has 0 N–H and O–H groups in total. The first kappa shape index (κ1) is 54.5. The van der Waals surface area contributed by atoms with Gasteiger partial charge in [0.1, 0.15) is 37.2 Å². The highest BCUT2D eigenvalue weighted by Crippen LogP contribution is 2.56. The Morgan fingerprint density at radius 1 is 0.784 bits per heavy atom. The number of fused-ring (bicyclic) bond motifs is 2. The van der Waals surface area contributed by atoms with Crippen LogP contribution in [0.4, 0.5) is 4.79 Å². The van der Waals surface area contributed by atoms with Gasteiger partial charge in [-0.25, -0.2) is 14.6 Å². The van der Waals surface area contributed by atoms with E-state index >= 15 is 0 Å². The smallest absolute Gasteiger partial charge is 0.412 e. The maximum absolute atomic E-state index is 14.7. The van der Waals surface area contributed by atoms with E-state index in [0.29, 0.717) is 35.1 Å². The lowest BCUT2D eigenvalue weighted by Crippen LogP contribution is -2.52. The number of carbonyl (C=O) groups excluding carboxylic acids is 2. The van der Waals surface area contributed by atoms with E-state index < -0.39 is 45.9 Å². The zero-order chi connectivity index (χ0) is 53.6. The molecule has 0 saturated carbocycles. The van der Waals surface area contributed by atoms with E-state index in [4.69, 9.17) is 46.7 Å². The van der Waals surface area contributed by atoms with Crippen LogP contribution in [-0.2, 0) is 64.4 Å². The number of oxazole rings is 1. The maximum atomic E-state index is 14.7. The van der Waals surface area contributed by atoms with Crippen LogP contribution in [0.15, 0.2) is 102 Å². The Hall–Kier alpha value is -5.76. The summed E-state index contributed by atoms with van der Waals surface area (Å²) in [4.78, 5) is 35.1. The molecule has 0 unspecified atom stereocenters. The third-order valence-electron chi connectivity index (χ3n) is 15.9. The van der Waals surface area contributed by atoms with Crippen LogP contribution in [0, 0.1) is 0 Å². The van der Waals surface area contributed by atoms with Gasteiger partial charge in [0.2, 0.25) is 12.0 Å². The summed E-state index contributed by atoms with van der Waals surface area (Å²) >= 11 is 0. The van der Waals surface area contributed by atoms with Crippen LogP contribution < -0.4 is 9.47 Å². The summed E-state index contributed by atoms with van der Waals surface area (Å²) in [6.45, 7) is 26.8. The molecule has 1 saturated heterocycles. The molecule has 4 heterocycles. The Morgan fingerprint density at radius 2 is 1.47 bits per heavy atom. The van der Waals surface area contributed by atoms with E-state index in [1.54, 1.807) is 25.3 Å². The summed E-state index contributed by atoms with van der Waals surface area (Å²) in [6, 6.07) is 27.4. The van der Waals surface area contributed by atoms with Crippen molar-refractivity contribution in [2.75, 3.05) is 34.5 Å². The number of methoxy groups -OCH3 is 3. The van der Waals surface area contributed by atoms with Gasteiger partial charge in [0.15, 0.2) is 22.4 Å². The number of esters is 1. The molecule has 2 aliphatic rings. The molecular weight excluding hydrogens is 971 g/mol. The molecule has 2 aromatic heterocycles. The highest BCUT2D eigenvalue weighted by molar-refractivity contribution is 6.74. The van der Waals surface area contributed by atoms with Gasteiger partial charge in [0, 0.05) is 40.9 Å². The Bertz CT molecular complexity index is 2990. The molecule has 0 radical (unpaired) electrons. The molecule has 8 rings (SSSR count). The van der Waals surface area contributed by atoms with Crippen LogP contribution in [0.25, 0.3) is 33.4 Å². The molecule has 74 heavy (non-hydrogen) atoms. The lowest BCUT2D eigenvalue weighted by atomic mass is 9.70. The highest BCUT2D eigenvalue weighted by Gasteiger charge is 2.58. The molecular formula is C58H75N3O11Si2. The van der Waals surface area contributed by atoms with Crippen molar-refractivity contribution in [1.29, 1.82) is 0 Å². The van der Waals surface area contributed by atoms with Crippen LogP contribution in [0.5, 0.6) is 11.5 Å². The van der Waals surface area contributed by atoms with Crippen molar-refractivity contribution in [3.05, 3.63) is 125 Å². The van der Waals surface area contributed by atoms with Crippen molar-refractivity contribution in [2.24, 2.45) is 0 Å². The number of hydrogen-bond acceptors (Lipinski definition) is 12. The number of ether oxygens (including phenoxy) is 6. The summed E-state index contributed by atoms with van der Waals surface area (Å²) in [6.07, 6.45) is 2.49. The molecule has 0 spiro atoms. The number of aromatic nitrogens is 2. The summed E-state index contributed by atoms with van der Waals surface area (Å²) in [5.74, 6) is 1.53. The van der Waals surface area contributed by atoms with E-state index in [2.05, 4.69) is 85.9 Å². The average Bonchev–Trinajstić information content (AvgIpc) is 4.14. The van der Waals surface area contributed by atoms with E-state index in [9.17, 15) is 9.59 Å². The molecule has 4 aromatic carbocycles. The van der Waals surface area contributed by atoms with Crippen molar-refractivity contribution < 1.29 is 51.3 Å². The van der Waals surface area contributed by atoms with Crippen LogP contribution in [0.3, 0.4) is 0 Å². The number of benzene rings is 4. The van der Waals surface area contributed by atoms with Crippen LogP contribution in [-0.4, -0.2) is 95.6 Å². The van der Waals surface area contributed by atoms with E-state index in [-0.39, 0.29) is 49.3 Å². The monoisotopic (exact) mass is 1050 g/mol. The fraction of sp³-hybridized carbons (Fsp3) is 0.466. The van der Waals surface area contributed by atoms with Crippen molar-refractivity contribution in [2.45, 2.75) is 141 Å². The van der Waals surface area contributed by atoms with Gasteiger partial charge in [-0.15, -0.1) is 0 Å². The average molecular weight is 1050 g/mol. The quantitative estimate of drug-likeness (QED) is 0.0634. The van der Waals surface area contributed by atoms with Gasteiger partial charge in [-0.2, -0.15) is 0 Å². The third-order valence-corrected chi connectivity index (χ3v) is 24.9. The van der Waals surface area contributed by atoms with Crippen molar-refractivity contribution >= 4 is 39.6 Å². The molecule has 1 fully saturated rings. The zero-order valence-corrected chi connectivity index (χ0v) is 48.0. The first-order chi connectivity index (χ1) is 34.9. The Morgan fingerprint density at radius 3 is 2.15 bits per heavy atom. The van der Waals surface area contributed by atoms with E-state index in [1.807, 2.05) is 91.3 Å². The standard InChI is InChI=1S/C58H75N3O11Si2/c1-55(2,3)73(12,13)69-35-49-59-31-48(71-49)43-32-60(37-64-9)46-26-20-23-41(50(43)46)42-24-19-25-44-51(42)72-52(53(62)66-11)58(44,36-70-74(14,15)56(4,5)6)45-30-39(27-28-47(45)65-10)29-40-34-68-57(7,8)61(40)54(63)67-33-38-21-17-16-18-22-38/h16-28,30-32,40,52H,29,33-37H2,1-15H3/t40-,52+,58-/m0/s1. The molecule has 6 aromatic rings. The van der Waals surface area contributed by atoms with Crippen molar-refractivity contribution in [3.63, 3.8) is 0 Å². The number of rotatable bonds is 17. The fourth-order valence-corrected chi connectivity index (χ4v) is 11.6. The van der Waals surface area contributed by atoms with Crippen LogP contribution in [0.2, 0.25) is 36.3 Å². The largest absolute Gasteiger partial charge is 0.496 e. The molecule has 16 heteroatoms. The van der Waals surface area contributed by atoms with E-state index in [0.717, 1.165) is 44.3 Å². The second-order valence-electron chi connectivity index (χ2n) is 23.1. The number of para-hydroxylation sites is 1. The minimum atomic E-state index is -2.54. The first-order valence-corrected chi connectivity index (χ1v) is 31.2. The minimum absolute atomic E-state index is 0.0166. The fourth-order valence-electron chi connectivity index (χ4n) is 9.64. The zero-order valence-electron chi connectivity index (χ0n) is 46.0. The summed E-state index contributed by atoms with van der Waals surface area (Å²) in [7, 11) is 0.0331. The molecule has 3 atom stereocenters. The normalized spacial score (nSPS) is 18.9. The Kier molecular flexibility index (Phi) is 15.3. The van der Waals surface area contributed by atoms with Gasteiger partial charge in [-0.1, -0.05) is 114 Å². The summed E-state index contributed by atoms with van der Waals surface area (Å²) in [5.41, 5.74) is 4.22. The number of amides is 1. The molecule has 0 aliphatic carbocycles. The van der Waals surface area contributed by atoms with Crippen LogP contribution in [0.1, 0.15) is 83.5 Å². The predicted octanol–water partition coefficient (Wildman–Crippen LogP) is 12.7. The van der Waals surface area contributed by atoms with Gasteiger partial charge >= 0.3 is 12.1 Å². The van der Waals surface area contributed by atoms with Gasteiger partial charge in [-0.05, 0) is 85.4 Å². The van der Waals surface area contributed by atoms with Gasteiger partial charge < -0.3 is 46.3 Å². The molecule has 2 aliphatic heterocycles. The second kappa shape index (κ2) is 20.8. The van der Waals surface area contributed by atoms with Crippen LogP contribution >= 0.6 is 0 Å². The van der Waals surface area contributed by atoms with Gasteiger partial charge in [-0.3, -0.25) is 4.90 Å². The molecule has 396 valence electrons. The number of carbonyl (C=O) groups is 2. The third kappa shape index (κ3) is 10.3. The Balaban J connectivity index is 1.28. The first-order valence-electron chi connectivity index (χ1n) is 25.4. The highest BCUT2D eigenvalue weighted by atomic mass is 28.4. The molecule has 0 bridgehead atoms. The van der Waals surface area contributed by atoms with Gasteiger partial charge in [0.05, 0.1) is 50.6 Å². The molecule has 1 amide bonds. The van der Waals surface area contributed by atoms with Gasteiger partial charge in [0.25, 0.3) is 0 Å². The number of nitrogens with zero attached hydrogens (tertiary/aromatic N) is 3. The lowest BCUT2D eigenvalue weighted by Gasteiger charge is -2.41. The summed E-state index contributed by atoms with van der Waals surface area (Å²) in [5, 5.41) is 0.716. The predicted molar refractivity (Wildman–Crippen MR) is 291 cm³/mol. The van der Waals surface area contributed by atoms with Crippen molar-refractivity contribution in [1.82, 2.24) is 14.5 Å². The van der Waals surface area contributed by atoms with Crippen molar-refractivity contribution in [3.8, 4) is 33.9 Å². The lowest BCUT2D eigenvalue weighted by molar-refractivity contribution is -0.151. The summed E-state index contributed by atoms with van der Waals surface area (Å²) < 4.78 is 59.4. The number of hydrogen-bond donors (Lipinski definition) is 0. The molecule has 14 nitrogen and oxygen atoms in total. The van der Waals surface area contributed by atoms with E-state index in [1.165, 1.54) is 7.11 Å². The maximum Gasteiger partial charge on any atom is 0.412 e. The topological polar surface area (TPSA) is 142 Å². The second-order valence-corrected chi connectivity index (χ2v) is 32.7. The Labute approximate surface area is 438 Å². The minimum Gasteiger partial charge on any atom is -0.496 e. The SMILES string of the molecule is COCn1cc(-c2cnc(CO[Si](C)(C)C(C)(C)C)o2)c2c(-c3cccc4c3O[C@H](C(=O)OC)[C@]4(CO[Si](C)(C)C(C)(C)C)c3cc(C[C@H]4COC(C)(C)N4C(=O)OCc4ccccc4)ccc3OC)cccc21.